The van der Waals surface area contributed by atoms with Crippen molar-refractivity contribution in [3.63, 3.8) is 0 Å². The summed E-state index contributed by atoms with van der Waals surface area (Å²) in [5.74, 6) is -1.50. The van der Waals surface area contributed by atoms with Crippen LogP contribution in [0.3, 0.4) is 0 Å². The topological polar surface area (TPSA) is 15.3 Å². The molecule has 0 amide bonds. The SMILES string of the molecule is C=C(C)C[C@H](c1c(F)cc(C(F)(F)F)cc1C(F)(F)F)N1CCNCC1. The molecule has 146 valence electrons. The van der Waals surface area contributed by atoms with Gasteiger partial charge >= 0.3 is 12.4 Å². The van der Waals surface area contributed by atoms with E-state index < -0.39 is 40.9 Å². The zero-order valence-electron chi connectivity index (χ0n) is 14.1. The van der Waals surface area contributed by atoms with E-state index in [1.54, 1.807) is 11.8 Å². The van der Waals surface area contributed by atoms with E-state index in [1.807, 2.05) is 0 Å². The van der Waals surface area contributed by atoms with Crippen molar-refractivity contribution in [2.24, 2.45) is 0 Å². The van der Waals surface area contributed by atoms with E-state index in [2.05, 4.69) is 11.9 Å². The first-order valence-electron chi connectivity index (χ1n) is 7.98. The van der Waals surface area contributed by atoms with Gasteiger partial charge in [0.25, 0.3) is 0 Å². The second-order valence-corrected chi connectivity index (χ2v) is 6.38. The molecule has 0 spiro atoms. The van der Waals surface area contributed by atoms with Crippen LogP contribution in [0.5, 0.6) is 0 Å². The van der Waals surface area contributed by atoms with Gasteiger partial charge in [-0.25, -0.2) is 4.39 Å². The first kappa shape index (κ1) is 20.7. The van der Waals surface area contributed by atoms with E-state index in [0.29, 0.717) is 31.8 Å². The molecule has 9 heteroatoms. The summed E-state index contributed by atoms with van der Waals surface area (Å²) in [6.45, 7) is 6.96. The number of halogens is 7. The number of hydrogen-bond donors (Lipinski definition) is 1. The van der Waals surface area contributed by atoms with Crippen LogP contribution in [0.25, 0.3) is 0 Å². The van der Waals surface area contributed by atoms with Gasteiger partial charge in [-0.3, -0.25) is 4.90 Å². The lowest BCUT2D eigenvalue weighted by Gasteiger charge is -2.37. The Morgan fingerprint density at radius 1 is 1.12 bits per heavy atom. The molecule has 0 aliphatic carbocycles. The highest BCUT2D eigenvalue weighted by molar-refractivity contribution is 5.39. The third-order valence-corrected chi connectivity index (χ3v) is 4.23. The van der Waals surface area contributed by atoms with Crippen molar-refractivity contribution < 1.29 is 30.7 Å². The van der Waals surface area contributed by atoms with Crippen molar-refractivity contribution in [1.29, 1.82) is 0 Å². The first-order chi connectivity index (χ1) is 11.9. The van der Waals surface area contributed by atoms with E-state index in [-0.39, 0.29) is 18.6 Å². The second-order valence-electron chi connectivity index (χ2n) is 6.38. The van der Waals surface area contributed by atoms with Crippen LogP contribution in [-0.2, 0) is 12.4 Å². The smallest absolute Gasteiger partial charge is 0.314 e. The molecule has 26 heavy (non-hydrogen) atoms. The molecule has 0 radical (unpaired) electrons. The van der Waals surface area contributed by atoms with Gasteiger partial charge < -0.3 is 5.32 Å². The Kier molecular flexibility index (Phi) is 6.02. The van der Waals surface area contributed by atoms with Crippen LogP contribution < -0.4 is 5.32 Å². The zero-order chi connectivity index (χ0) is 19.7. The largest absolute Gasteiger partial charge is 0.416 e. The van der Waals surface area contributed by atoms with Gasteiger partial charge in [0, 0.05) is 37.8 Å². The van der Waals surface area contributed by atoms with Gasteiger partial charge in [-0.1, -0.05) is 5.57 Å². The summed E-state index contributed by atoms with van der Waals surface area (Å²) in [4.78, 5) is 1.64. The van der Waals surface area contributed by atoms with Crippen molar-refractivity contribution in [2.45, 2.75) is 31.7 Å². The zero-order valence-corrected chi connectivity index (χ0v) is 14.1. The monoisotopic (exact) mass is 384 g/mol. The molecule has 1 saturated heterocycles. The third kappa shape index (κ3) is 4.76. The Bertz CT molecular complexity index is 658. The van der Waals surface area contributed by atoms with Crippen molar-refractivity contribution in [3.05, 3.63) is 46.8 Å². The molecule has 1 aromatic carbocycles. The summed E-state index contributed by atoms with van der Waals surface area (Å²) < 4.78 is 93.6. The summed E-state index contributed by atoms with van der Waals surface area (Å²) >= 11 is 0. The van der Waals surface area contributed by atoms with Gasteiger partial charge in [0.05, 0.1) is 11.1 Å². The molecule has 1 aliphatic rings. The molecule has 2 rings (SSSR count). The molecule has 1 aromatic rings. The van der Waals surface area contributed by atoms with E-state index >= 15 is 0 Å². The average Bonchev–Trinajstić information content (AvgIpc) is 2.51. The lowest BCUT2D eigenvalue weighted by atomic mass is 9.91. The molecule has 0 bridgehead atoms. The van der Waals surface area contributed by atoms with E-state index in [4.69, 9.17) is 0 Å². The van der Waals surface area contributed by atoms with Gasteiger partial charge in [0.15, 0.2) is 0 Å². The minimum absolute atomic E-state index is 0.00791. The van der Waals surface area contributed by atoms with Crippen molar-refractivity contribution >= 4 is 0 Å². The fourth-order valence-electron chi connectivity index (χ4n) is 3.09. The molecule has 1 aliphatic heterocycles. The molecular formula is C17H19F7N2. The number of hydrogen-bond acceptors (Lipinski definition) is 2. The summed E-state index contributed by atoms with van der Waals surface area (Å²) in [7, 11) is 0. The number of rotatable bonds is 4. The molecule has 0 saturated carbocycles. The van der Waals surface area contributed by atoms with Crippen LogP contribution in [0.15, 0.2) is 24.3 Å². The molecule has 0 unspecified atom stereocenters. The lowest BCUT2D eigenvalue weighted by Crippen LogP contribution is -2.45. The molecular weight excluding hydrogens is 365 g/mol. The van der Waals surface area contributed by atoms with E-state index in [9.17, 15) is 30.7 Å². The summed E-state index contributed by atoms with van der Waals surface area (Å²) in [5.41, 5.74) is -3.48. The Morgan fingerprint density at radius 2 is 1.69 bits per heavy atom. The highest BCUT2D eigenvalue weighted by atomic mass is 19.4. The number of nitrogens with zero attached hydrogens (tertiary/aromatic N) is 1. The van der Waals surface area contributed by atoms with Gasteiger partial charge in [-0.15, -0.1) is 6.58 Å². The number of nitrogens with one attached hydrogen (secondary N) is 1. The average molecular weight is 384 g/mol. The predicted molar refractivity (Wildman–Crippen MR) is 83.0 cm³/mol. The van der Waals surface area contributed by atoms with Crippen LogP contribution in [0.4, 0.5) is 30.7 Å². The minimum Gasteiger partial charge on any atom is -0.314 e. The Balaban J connectivity index is 2.64. The lowest BCUT2D eigenvalue weighted by molar-refractivity contribution is -0.144. The van der Waals surface area contributed by atoms with E-state index in [1.165, 1.54) is 0 Å². The molecule has 2 nitrogen and oxygen atoms in total. The van der Waals surface area contributed by atoms with Gasteiger partial charge in [0.1, 0.15) is 5.82 Å². The third-order valence-electron chi connectivity index (χ3n) is 4.23. The molecule has 1 fully saturated rings. The number of benzene rings is 1. The molecule has 1 atom stereocenters. The quantitative estimate of drug-likeness (QED) is 0.594. The second kappa shape index (κ2) is 7.56. The van der Waals surface area contributed by atoms with E-state index in [0.717, 1.165) is 0 Å². The summed E-state index contributed by atoms with van der Waals surface area (Å²) in [6.07, 6.45) is -10.2. The van der Waals surface area contributed by atoms with Crippen molar-refractivity contribution in [1.82, 2.24) is 10.2 Å². The molecule has 1 heterocycles. The summed E-state index contributed by atoms with van der Waals surface area (Å²) in [5, 5.41) is 3.03. The van der Waals surface area contributed by atoms with Crippen LogP contribution >= 0.6 is 0 Å². The highest BCUT2D eigenvalue weighted by Crippen LogP contribution is 2.43. The maximum Gasteiger partial charge on any atom is 0.416 e. The van der Waals surface area contributed by atoms with Gasteiger partial charge in [0.2, 0.25) is 0 Å². The Hall–Kier alpha value is -1.61. The number of piperazine rings is 1. The highest BCUT2D eigenvalue weighted by Gasteiger charge is 2.42. The molecule has 1 N–H and O–H groups in total. The van der Waals surface area contributed by atoms with Crippen LogP contribution in [0, 0.1) is 5.82 Å². The van der Waals surface area contributed by atoms with Gasteiger partial charge in [-0.05, 0) is 25.5 Å². The minimum atomic E-state index is -5.11. The maximum absolute atomic E-state index is 14.6. The summed E-state index contributed by atoms with van der Waals surface area (Å²) in [6, 6.07) is -0.905. The molecule has 0 aromatic heterocycles. The Labute approximate surface area is 146 Å². The first-order valence-corrected chi connectivity index (χ1v) is 7.98. The maximum atomic E-state index is 14.6. The fraction of sp³-hybridized carbons (Fsp3) is 0.529. The van der Waals surface area contributed by atoms with Gasteiger partial charge in [-0.2, -0.15) is 26.3 Å². The van der Waals surface area contributed by atoms with Crippen LogP contribution in [-0.4, -0.2) is 31.1 Å². The van der Waals surface area contributed by atoms with Crippen LogP contribution in [0.1, 0.15) is 36.1 Å². The normalized spacial score (nSPS) is 18.0. The Morgan fingerprint density at radius 3 is 2.15 bits per heavy atom. The number of alkyl halides is 6. The predicted octanol–water partition coefficient (Wildman–Crippen LogP) is 4.78. The van der Waals surface area contributed by atoms with Crippen LogP contribution in [0.2, 0.25) is 0 Å². The standard InChI is InChI=1S/C17H19F7N2/c1-10(2)7-14(26-5-3-25-4-6-26)15-12(17(22,23)24)8-11(9-13(15)18)16(19,20)21/h8-9,14,25H,1,3-7H2,2H3/t14-/m1/s1. The van der Waals surface area contributed by atoms with Crippen molar-refractivity contribution in [3.8, 4) is 0 Å². The fourth-order valence-corrected chi connectivity index (χ4v) is 3.09. The van der Waals surface area contributed by atoms with Crippen molar-refractivity contribution in [2.75, 3.05) is 26.2 Å².